The zero-order valence-corrected chi connectivity index (χ0v) is 43.4. The molecule has 1 unspecified atom stereocenters. The maximum absolute atomic E-state index is 12.8. The van der Waals surface area contributed by atoms with Crippen molar-refractivity contribution in [3.63, 3.8) is 0 Å². The van der Waals surface area contributed by atoms with Gasteiger partial charge in [0, 0.05) is 19.3 Å². The van der Waals surface area contributed by atoms with Crippen molar-refractivity contribution in [3.8, 4) is 0 Å². The minimum atomic E-state index is -0.763. The van der Waals surface area contributed by atoms with Crippen molar-refractivity contribution in [2.24, 2.45) is 17.8 Å². The maximum atomic E-state index is 12.8. The highest BCUT2D eigenvalue weighted by atomic mass is 16.6. The Morgan fingerprint density at radius 2 is 0.556 bits per heavy atom. The molecule has 0 bridgehead atoms. The van der Waals surface area contributed by atoms with E-state index in [1.807, 2.05) is 0 Å². The summed E-state index contributed by atoms with van der Waals surface area (Å²) in [6, 6.07) is 0. The average molecular weight is 892 g/mol. The molecule has 0 aromatic heterocycles. The van der Waals surface area contributed by atoms with Gasteiger partial charge in [-0.2, -0.15) is 0 Å². The Balaban J connectivity index is 4.22. The fourth-order valence-corrected chi connectivity index (χ4v) is 8.61. The maximum Gasteiger partial charge on any atom is 0.306 e. The summed E-state index contributed by atoms with van der Waals surface area (Å²) in [6.07, 6.45) is 49.6. The van der Waals surface area contributed by atoms with Crippen molar-refractivity contribution in [1.29, 1.82) is 0 Å². The van der Waals surface area contributed by atoms with Crippen LogP contribution in [-0.2, 0) is 28.6 Å². The summed E-state index contributed by atoms with van der Waals surface area (Å²) in [6.45, 7) is 13.7. The van der Waals surface area contributed by atoms with Gasteiger partial charge in [-0.3, -0.25) is 14.4 Å². The van der Waals surface area contributed by atoms with Crippen LogP contribution in [0.4, 0.5) is 0 Å². The molecule has 0 aromatic rings. The predicted octanol–water partition coefficient (Wildman–Crippen LogP) is 18.3. The van der Waals surface area contributed by atoms with Crippen molar-refractivity contribution in [3.05, 3.63) is 0 Å². The van der Waals surface area contributed by atoms with E-state index in [0.29, 0.717) is 19.3 Å². The van der Waals surface area contributed by atoms with E-state index in [2.05, 4.69) is 41.5 Å². The summed E-state index contributed by atoms with van der Waals surface area (Å²) in [5.41, 5.74) is 0. The van der Waals surface area contributed by atoms with E-state index in [4.69, 9.17) is 14.2 Å². The van der Waals surface area contributed by atoms with E-state index >= 15 is 0 Å². The number of ether oxygens (including phenoxy) is 3. The quantitative estimate of drug-likeness (QED) is 0.0344. The van der Waals surface area contributed by atoms with Crippen molar-refractivity contribution in [2.45, 2.75) is 317 Å². The lowest BCUT2D eigenvalue weighted by Gasteiger charge is -2.18. The first kappa shape index (κ1) is 61.4. The molecule has 0 saturated heterocycles. The van der Waals surface area contributed by atoms with Crippen LogP contribution < -0.4 is 0 Å². The van der Waals surface area contributed by atoms with Crippen LogP contribution in [-0.4, -0.2) is 37.2 Å². The monoisotopic (exact) mass is 891 g/mol. The molecule has 0 saturated carbocycles. The van der Waals surface area contributed by atoms with Crippen LogP contribution in [0.15, 0.2) is 0 Å². The van der Waals surface area contributed by atoms with Gasteiger partial charge in [0.25, 0.3) is 0 Å². The Bertz CT molecular complexity index is 978. The summed E-state index contributed by atoms with van der Waals surface area (Å²) < 4.78 is 16.8. The first-order valence-corrected chi connectivity index (χ1v) is 28.1. The number of esters is 3. The number of rotatable bonds is 50. The summed E-state index contributed by atoms with van der Waals surface area (Å²) in [5.74, 6) is 1.66. The van der Waals surface area contributed by atoms with Crippen LogP contribution in [0.5, 0.6) is 0 Å². The number of hydrogen-bond donors (Lipinski definition) is 0. The van der Waals surface area contributed by atoms with Gasteiger partial charge in [0.15, 0.2) is 6.10 Å². The molecule has 0 aromatic carbocycles. The molecular formula is C57H110O6. The largest absolute Gasteiger partial charge is 0.462 e. The minimum absolute atomic E-state index is 0.0644. The normalized spacial score (nSPS) is 12.6. The molecular weight excluding hydrogens is 781 g/mol. The Hall–Kier alpha value is -1.59. The van der Waals surface area contributed by atoms with Crippen LogP contribution in [0.2, 0.25) is 0 Å². The second kappa shape index (κ2) is 48.3. The summed E-state index contributed by atoms with van der Waals surface area (Å²) in [4.78, 5) is 38.0. The Morgan fingerprint density at radius 1 is 0.317 bits per heavy atom. The Morgan fingerprint density at radius 3 is 0.825 bits per heavy atom. The molecule has 0 fully saturated rings. The molecule has 0 aliphatic carbocycles. The van der Waals surface area contributed by atoms with E-state index in [9.17, 15) is 14.4 Å². The Labute approximate surface area is 393 Å². The lowest BCUT2D eigenvalue weighted by molar-refractivity contribution is -0.167. The second-order valence-electron chi connectivity index (χ2n) is 20.8. The molecule has 0 aliphatic rings. The van der Waals surface area contributed by atoms with Crippen molar-refractivity contribution >= 4 is 17.9 Å². The lowest BCUT2D eigenvalue weighted by Crippen LogP contribution is -2.30. The van der Waals surface area contributed by atoms with E-state index in [-0.39, 0.29) is 31.1 Å². The molecule has 0 N–H and O–H groups in total. The highest BCUT2D eigenvalue weighted by molar-refractivity contribution is 5.71. The van der Waals surface area contributed by atoms with E-state index in [1.165, 1.54) is 193 Å². The van der Waals surface area contributed by atoms with Crippen LogP contribution in [0, 0.1) is 17.8 Å². The van der Waals surface area contributed by atoms with Crippen LogP contribution in [0.3, 0.4) is 0 Å². The van der Waals surface area contributed by atoms with Gasteiger partial charge in [0.2, 0.25) is 0 Å². The second-order valence-corrected chi connectivity index (χ2v) is 20.8. The third-order valence-corrected chi connectivity index (χ3v) is 13.3. The van der Waals surface area contributed by atoms with Gasteiger partial charge < -0.3 is 14.2 Å². The topological polar surface area (TPSA) is 78.9 Å². The fourth-order valence-electron chi connectivity index (χ4n) is 8.61. The van der Waals surface area contributed by atoms with Crippen LogP contribution in [0.25, 0.3) is 0 Å². The van der Waals surface area contributed by atoms with E-state index in [1.54, 1.807) is 0 Å². The number of carbonyl (C=O) groups excluding carboxylic acids is 3. The third-order valence-electron chi connectivity index (χ3n) is 13.3. The minimum Gasteiger partial charge on any atom is -0.462 e. The van der Waals surface area contributed by atoms with Crippen molar-refractivity contribution in [2.75, 3.05) is 13.2 Å². The standard InChI is InChI=1S/C57H110O6/c1-7-53(6)45-39-33-27-23-24-30-36-42-48-57(60)63-54(50-62-56(59)47-41-35-29-22-18-20-26-32-38-44-52(4)5)49-61-55(58)46-40-34-28-21-17-15-13-11-9-8-10-12-14-16-19-25-31-37-43-51(2)3/h51-54H,7-50H2,1-6H3/t53?,54-/m1/s1. The number of carbonyl (C=O) groups is 3. The van der Waals surface area contributed by atoms with Gasteiger partial charge in [-0.05, 0) is 37.0 Å². The molecule has 0 radical (unpaired) electrons. The average Bonchev–Trinajstić information content (AvgIpc) is 3.25. The molecule has 6 heteroatoms. The number of unbranched alkanes of at least 4 members (excludes halogenated alkanes) is 32. The molecule has 0 heterocycles. The predicted molar refractivity (Wildman–Crippen MR) is 270 cm³/mol. The first-order chi connectivity index (χ1) is 30.6. The van der Waals surface area contributed by atoms with Gasteiger partial charge in [-0.25, -0.2) is 0 Å². The molecule has 0 amide bonds. The van der Waals surface area contributed by atoms with E-state index in [0.717, 1.165) is 75.5 Å². The third kappa shape index (κ3) is 49.7. The van der Waals surface area contributed by atoms with Crippen molar-refractivity contribution in [1.82, 2.24) is 0 Å². The van der Waals surface area contributed by atoms with Gasteiger partial charge in [-0.1, -0.05) is 273 Å². The highest BCUT2D eigenvalue weighted by Crippen LogP contribution is 2.18. The number of hydrogen-bond acceptors (Lipinski definition) is 6. The molecule has 374 valence electrons. The zero-order chi connectivity index (χ0) is 46.3. The Kier molecular flexibility index (Phi) is 47.1. The van der Waals surface area contributed by atoms with Crippen LogP contribution >= 0.6 is 0 Å². The molecule has 6 nitrogen and oxygen atoms in total. The van der Waals surface area contributed by atoms with E-state index < -0.39 is 6.10 Å². The molecule has 2 atom stereocenters. The van der Waals surface area contributed by atoms with Gasteiger partial charge in [0.05, 0.1) is 0 Å². The fraction of sp³-hybridized carbons (Fsp3) is 0.947. The zero-order valence-electron chi connectivity index (χ0n) is 43.4. The lowest BCUT2D eigenvalue weighted by atomic mass is 9.99. The van der Waals surface area contributed by atoms with Gasteiger partial charge in [0.1, 0.15) is 13.2 Å². The molecule has 0 spiro atoms. The smallest absolute Gasteiger partial charge is 0.306 e. The summed E-state index contributed by atoms with van der Waals surface area (Å²) >= 11 is 0. The molecule has 0 rings (SSSR count). The molecule has 63 heavy (non-hydrogen) atoms. The van der Waals surface area contributed by atoms with Crippen LogP contribution in [0.1, 0.15) is 311 Å². The van der Waals surface area contributed by atoms with Gasteiger partial charge >= 0.3 is 17.9 Å². The summed E-state index contributed by atoms with van der Waals surface area (Å²) in [7, 11) is 0. The SMILES string of the molecule is CCC(C)CCCCCCCCCCC(=O)O[C@H](COC(=O)CCCCCCCCCCCCCCCCCCCCC(C)C)COC(=O)CCCCCCCCCCCC(C)C. The highest BCUT2D eigenvalue weighted by Gasteiger charge is 2.19. The molecule has 0 aliphatic heterocycles. The van der Waals surface area contributed by atoms with Gasteiger partial charge in [-0.15, -0.1) is 0 Å². The van der Waals surface area contributed by atoms with Crippen molar-refractivity contribution < 1.29 is 28.6 Å². The summed E-state index contributed by atoms with van der Waals surface area (Å²) in [5, 5.41) is 0. The first-order valence-electron chi connectivity index (χ1n) is 28.1.